The number of aliphatic hydroxyl groups excluding tert-OH is 1. The standard InChI is InChI=1S/C11H16F2N5O12P3/c12-11(13,31(21,22)23)32(24,25)30-33(26,27)28-2-5-4(19)1-6(29-5)18-3-15-7-8(18)16-10(14)17-9(7)20/h3-6,19H,1-2H2,(H,24,25)(H,26,27)(H2,21,22,23)(H3,14,16,17,20)/t4-,5+,6+/m0/s1. The van der Waals surface area contributed by atoms with Crippen molar-refractivity contribution in [2.45, 2.75) is 30.3 Å². The molecule has 0 aliphatic carbocycles. The van der Waals surface area contributed by atoms with Crippen molar-refractivity contribution < 1.29 is 60.7 Å². The van der Waals surface area contributed by atoms with E-state index in [0.29, 0.717) is 0 Å². The van der Waals surface area contributed by atoms with Gasteiger partial charge in [0.2, 0.25) is 5.95 Å². The van der Waals surface area contributed by atoms with E-state index >= 15 is 0 Å². The highest BCUT2D eigenvalue weighted by atomic mass is 31.3. The number of alkyl halides is 2. The lowest BCUT2D eigenvalue weighted by atomic mass is 10.2. The van der Waals surface area contributed by atoms with Crippen molar-refractivity contribution in [2.24, 2.45) is 0 Å². The second kappa shape index (κ2) is 8.55. The Balaban J connectivity index is 1.70. The number of hydrogen-bond acceptors (Lipinski definition) is 11. The number of ether oxygens (including phenoxy) is 1. The first-order valence-electron chi connectivity index (χ1n) is 8.46. The molecule has 0 radical (unpaired) electrons. The molecule has 186 valence electrons. The van der Waals surface area contributed by atoms with Gasteiger partial charge in [0.15, 0.2) is 11.2 Å². The third-order valence-corrected chi connectivity index (χ3v) is 9.38. The lowest BCUT2D eigenvalue weighted by Gasteiger charge is -2.24. The van der Waals surface area contributed by atoms with Crippen LogP contribution in [0.5, 0.6) is 0 Å². The van der Waals surface area contributed by atoms with E-state index in [0.717, 1.165) is 6.33 Å². The molecule has 1 fully saturated rings. The number of anilines is 1. The molecular weight excluding hydrogens is 525 g/mol. The van der Waals surface area contributed by atoms with E-state index in [-0.39, 0.29) is 23.5 Å². The lowest BCUT2D eigenvalue weighted by Crippen LogP contribution is -2.26. The summed E-state index contributed by atoms with van der Waals surface area (Å²) >= 11 is 0. The number of halogens is 2. The van der Waals surface area contributed by atoms with Crippen LogP contribution < -0.4 is 11.3 Å². The second-order valence-electron chi connectivity index (χ2n) is 6.63. The molecule has 33 heavy (non-hydrogen) atoms. The Morgan fingerprint density at radius 1 is 1.30 bits per heavy atom. The van der Waals surface area contributed by atoms with Crippen molar-refractivity contribution in [3.63, 3.8) is 0 Å². The fourth-order valence-corrected chi connectivity index (χ4v) is 6.42. The molecule has 0 spiro atoms. The number of phosphoric acid groups is 1. The number of nitrogens with two attached hydrogens (primary N) is 1. The van der Waals surface area contributed by atoms with E-state index in [4.69, 9.17) is 25.2 Å². The van der Waals surface area contributed by atoms with Gasteiger partial charge in [0.25, 0.3) is 5.56 Å². The van der Waals surface area contributed by atoms with Crippen LogP contribution >= 0.6 is 23.0 Å². The first-order chi connectivity index (χ1) is 15.0. The van der Waals surface area contributed by atoms with Gasteiger partial charge in [-0.1, -0.05) is 0 Å². The van der Waals surface area contributed by atoms with Crippen LogP contribution in [0.15, 0.2) is 11.1 Å². The molecule has 5 atom stereocenters. The summed E-state index contributed by atoms with van der Waals surface area (Å²) in [6.45, 7) is -1.05. The summed E-state index contributed by atoms with van der Waals surface area (Å²) in [5.74, 6) is -0.244. The Hall–Kier alpha value is -1.62. The van der Waals surface area contributed by atoms with Crippen molar-refractivity contribution >= 4 is 40.1 Å². The first kappa shape index (κ1) is 26.0. The van der Waals surface area contributed by atoms with Gasteiger partial charge in [0.1, 0.15) is 12.3 Å². The van der Waals surface area contributed by atoms with Crippen molar-refractivity contribution in [3.05, 3.63) is 16.7 Å². The first-order valence-corrected chi connectivity index (χ1v) is 13.1. The van der Waals surface area contributed by atoms with Crippen LogP contribution in [0.4, 0.5) is 14.7 Å². The average Bonchev–Trinajstić information content (AvgIpc) is 3.21. The molecule has 8 N–H and O–H groups in total. The third-order valence-electron chi connectivity index (χ3n) is 4.27. The van der Waals surface area contributed by atoms with E-state index in [1.54, 1.807) is 0 Å². The molecule has 0 amide bonds. The highest BCUT2D eigenvalue weighted by Gasteiger charge is 2.67. The minimum absolute atomic E-state index is 0.0212. The van der Waals surface area contributed by atoms with Gasteiger partial charge in [-0.05, 0) is 0 Å². The van der Waals surface area contributed by atoms with Crippen LogP contribution in [0.3, 0.4) is 0 Å². The Morgan fingerprint density at radius 3 is 2.55 bits per heavy atom. The number of imidazole rings is 1. The van der Waals surface area contributed by atoms with Gasteiger partial charge in [-0.2, -0.15) is 13.8 Å². The molecule has 17 nitrogen and oxygen atoms in total. The second-order valence-corrected chi connectivity index (χ2v) is 12.1. The molecule has 1 saturated heterocycles. The summed E-state index contributed by atoms with van der Waals surface area (Å²) < 4.78 is 75.2. The zero-order valence-corrected chi connectivity index (χ0v) is 18.5. The van der Waals surface area contributed by atoms with Crippen LogP contribution in [0.2, 0.25) is 0 Å². The Bertz CT molecular complexity index is 1260. The number of rotatable bonds is 8. The number of aromatic nitrogens is 4. The summed E-state index contributed by atoms with van der Waals surface area (Å²) in [6.07, 6.45) is -2.92. The van der Waals surface area contributed by atoms with Crippen LogP contribution in [-0.2, 0) is 27.3 Å². The number of nitrogen functional groups attached to an aromatic ring is 1. The summed E-state index contributed by atoms with van der Waals surface area (Å²) in [4.78, 5) is 57.3. The molecule has 1 aliphatic heterocycles. The Morgan fingerprint density at radius 2 is 1.94 bits per heavy atom. The number of fused-ring (bicyclic) bond motifs is 1. The maximum atomic E-state index is 13.4. The Kier molecular flexibility index (Phi) is 6.73. The molecule has 3 rings (SSSR count). The fourth-order valence-electron chi connectivity index (χ4n) is 2.73. The van der Waals surface area contributed by atoms with Gasteiger partial charge in [-0.25, -0.2) is 13.9 Å². The van der Waals surface area contributed by atoms with Crippen LogP contribution in [0.1, 0.15) is 12.6 Å². The topological polar surface area (TPSA) is 270 Å². The average molecular weight is 541 g/mol. The van der Waals surface area contributed by atoms with Gasteiger partial charge < -0.3 is 35.2 Å². The van der Waals surface area contributed by atoms with E-state index < -0.39 is 59.0 Å². The molecule has 2 unspecified atom stereocenters. The molecule has 0 bridgehead atoms. The predicted molar refractivity (Wildman–Crippen MR) is 101 cm³/mol. The maximum Gasteiger partial charge on any atom is 0.479 e. The smallest absolute Gasteiger partial charge is 0.390 e. The van der Waals surface area contributed by atoms with Crippen LogP contribution in [-0.4, -0.2) is 68.4 Å². The molecule has 0 aromatic carbocycles. The number of nitrogens with one attached hydrogen (secondary N) is 1. The van der Waals surface area contributed by atoms with E-state index in [9.17, 15) is 37.3 Å². The number of nitrogens with zero attached hydrogens (tertiary/aromatic N) is 3. The zero-order valence-electron chi connectivity index (χ0n) is 15.8. The molecule has 2 aromatic rings. The van der Waals surface area contributed by atoms with Crippen molar-refractivity contribution in [1.82, 2.24) is 19.5 Å². The van der Waals surface area contributed by atoms with Crippen molar-refractivity contribution in [2.75, 3.05) is 12.3 Å². The lowest BCUT2D eigenvalue weighted by molar-refractivity contribution is -0.0424. The quantitative estimate of drug-likeness (QED) is 0.206. The monoisotopic (exact) mass is 541 g/mol. The Labute approximate surface area is 180 Å². The highest BCUT2D eigenvalue weighted by Crippen LogP contribution is 2.77. The normalized spacial score (nSPS) is 25.7. The largest absolute Gasteiger partial charge is 0.479 e. The van der Waals surface area contributed by atoms with E-state index in [1.807, 2.05) is 0 Å². The molecule has 1 aliphatic rings. The fraction of sp³-hybridized carbons (Fsp3) is 0.545. The van der Waals surface area contributed by atoms with E-state index in [1.165, 1.54) is 4.57 Å². The van der Waals surface area contributed by atoms with Crippen molar-refractivity contribution in [1.29, 1.82) is 0 Å². The zero-order chi connectivity index (χ0) is 25.0. The van der Waals surface area contributed by atoms with Crippen LogP contribution in [0.25, 0.3) is 11.2 Å². The third kappa shape index (κ3) is 5.08. The number of phosphoric ester groups is 1. The summed E-state index contributed by atoms with van der Waals surface area (Å²) in [5, 5.41) is 4.41. The number of aromatic amines is 1. The summed E-state index contributed by atoms with van der Waals surface area (Å²) in [6, 6.07) is 0. The minimum Gasteiger partial charge on any atom is -0.390 e. The summed E-state index contributed by atoms with van der Waals surface area (Å²) in [7, 11) is -19.1. The summed E-state index contributed by atoms with van der Waals surface area (Å²) in [5.41, 5.74) is 4.68. The molecular formula is C11H16F2N5O12P3. The maximum absolute atomic E-state index is 13.4. The van der Waals surface area contributed by atoms with Crippen LogP contribution in [0, 0.1) is 0 Å². The highest BCUT2D eigenvalue weighted by molar-refractivity contribution is 7.75. The van der Waals surface area contributed by atoms with E-state index in [2.05, 4.69) is 23.8 Å². The van der Waals surface area contributed by atoms with Gasteiger partial charge in [-0.15, -0.1) is 0 Å². The molecule has 0 saturated carbocycles. The SMILES string of the molecule is Nc1nc2c(ncn2[C@H]2C[C@H](O)[C@@H](COP(=O)(O)OP(=O)(O)C(F)(F)P(=O)(O)O)O2)c(=O)[nH]1. The minimum atomic E-state index is -6.71. The number of aliphatic hydroxyl groups is 1. The van der Waals surface area contributed by atoms with Gasteiger partial charge in [0.05, 0.1) is 19.0 Å². The van der Waals surface area contributed by atoms with Gasteiger partial charge >= 0.3 is 28.4 Å². The molecule has 2 aromatic heterocycles. The van der Waals surface area contributed by atoms with Gasteiger partial charge in [0, 0.05) is 6.42 Å². The van der Waals surface area contributed by atoms with Crippen molar-refractivity contribution in [3.8, 4) is 0 Å². The number of hydrogen-bond donors (Lipinski definition) is 7. The molecule has 22 heteroatoms. The van der Waals surface area contributed by atoms with Gasteiger partial charge in [-0.3, -0.25) is 28.0 Å². The predicted octanol–water partition coefficient (Wildman–Crippen LogP) is -0.603. The molecule has 3 heterocycles. The number of H-pyrrole nitrogens is 1.